The summed E-state index contributed by atoms with van der Waals surface area (Å²) in [6.07, 6.45) is 1.66. The zero-order valence-corrected chi connectivity index (χ0v) is 15.7. The Morgan fingerprint density at radius 3 is 2.63 bits per heavy atom. The summed E-state index contributed by atoms with van der Waals surface area (Å²) in [5.41, 5.74) is 2.21. The van der Waals surface area contributed by atoms with E-state index in [2.05, 4.69) is 20.4 Å². The van der Waals surface area contributed by atoms with Gasteiger partial charge >= 0.3 is 0 Å². The van der Waals surface area contributed by atoms with Gasteiger partial charge in [-0.15, -0.1) is 0 Å². The van der Waals surface area contributed by atoms with E-state index in [4.69, 9.17) is 14.0 Å². The van der Waals surface area contributed by atoms with Crippen molar-refractivity contribution in [3.8, 4) is 34.5 Å². The van der Waals surface area contributed by atoms with E-state index >= 15 is 0 Å². The first kappa shape index (κ1) is 17.9. The highest BCUT2D eigenvalue weighted by Gasteiger charge is 2.18. The number of benzene rings is 2. The number of nitrogens with zero attached hydrogens (tertiary/aromatic N) is 3. The zero-order chi connectivity index (χ0) is 20.3. The predicted molar refractivity (Wildman–Crippen MR) is 108 cm³/mol. The van der Waals surface area contributed by atoms with Gasteiger partial charge in [0.1, 0.15) is 18.9 Å². The van der Waals surface area contributed by atoms with Crippen LogP contribution in [0.5, 0.6) is 11.5 Å². The number of aromatic nitrogens is 3. The lowest BCUT2D eigenvalue weighted by Gasteiger charge is -2.18. The molecule has 0 saturated heterocycles. The third kappa shape index (κ3) is 3.46. The van der Waals surface area contributed by atoms with Gasteiger partial charge in [-0.25, -0.2) is 0 Å². The highest BCUT2D eigenvalue weighted by atomic mass is 16.6. The third-order valence-corrected chi connectivity index (χ3v) is 4.53. The molecule has 0 aliphatic carbocycles. The Hall–Kier alpha value is -4.20. The smallest absolute Gasteiger partial charge is 0.260 e. The van der Waals surface area contributed by atoms with E-state index < -0.39 is 0 Å². The van der Waals surface area contributed by atoms with E-state index in [0.717, 1.165) is 0 Å². The van der Waals surface area contributed by atoms with Crippen molar-refractivity contribution in [1.29, 1.82) is 0 Å². The average Bonchev–Trinajstić information content (AvgIpc) is 3.30. The molecule has 8 heteroatoms. The Morgan fingerprint density at radius 2 is 1.77 bits per heavy atom. The van der Waals surface area contributed by atoms with E-state index in [0.29, 0.717) is 53.0 Å². The van der Waals surface area contributed by atoms with Gasteiger partial charge in [0.05, 0.1) is 11.3 Å². The highest BCUT2D eigenvalue weighted by molar-refractivity contribution is 6.06. The second-order valence-electron chi connectivity index (χ2n) is 6.50. The molecule has 1 aliphatic rings. The average molecular weight is 400 g/mol. The lowest BCUT2D eigenvalue weighted by molar-refractivity contribution is 0.102. The molecule has 0 saturated carbocycles. The van der Waals surface area contributed by atoms with Gasteiger partial charge in [0.25, 0.3) is 11.8 Å². The molecule has 0 bridgehead atoms. The Balaban J connectivity index is 1.42. The van der Waals surface area contributed by atoms with Gasteiger partial charge in [0, 0.05) is 11.8 Å². The lowest BCUT2D eigenvalue weighted by atomic mass is 10.1. The Labute approximate surface area is 171 Å². The van der Waals surface area contributed by atoms with Crippen LogP contribution in [0.25, 0.3) is 23.0 Å². The van der Waals surface area contributed by atoms with Crippen LogP contribution in [0.2, 0.25) is 0 Å². The molecule has 2 aromatic carbocycles. The molecule has 0 radical (unpaired) electrons. The summed E-state index contributed by atoms with van der Waals surface area (Å²) in [6.45, 7) is 0.952. The summed E-state index contributed by atoms with van der Waals surface area (Å²) in [5.74, 6) is 1.56. The van der Waals surface area contributed by atoms with Crippen molar-refractivity contribution in [3.63, 3.8) is 0 Å². The van der Waals surface area contributed by atoms with Gasteiger partial charge in [-0.1, -0.05) is 23.4 Å². The van der Waals surface area contributed by atoms with E-state index in [1.54, 1.807) is 42.6 Å². The molecule has 4 aromatic rings. The number of carbonyl (C=O) groups is 1. The number of hydrogen-bond acceptors (Lipinski definition) is 7. The molecule has 5 rings (SSSR count). The van der Waals surface area contributed by atoms with E-state index in [9.17, 15) is 4.79 Å². The Kier molecular flexibility index (Phi) is 4.57. The standard InChI is InChI=1S/C22H16N4O4/c27-21(14-8-9-18-19(13-14)29-12-11-28-18)24-16-6-2-1-5-15(16)22-25-20(26-30-22)17-7-3-4-10-23-17/h1-10,13H,11-12H2,(H,24,27). The monoisotopic (exact) mass is 400 g/mol. The second-order valence-corrected chi connectivity index (χ2v) is 6.50. The molecule has 0 unspecified atom stereocenters. The van der Waals surface area contributed by atoms with Crippen molar-refractivity contribution in [1.82, 2.24) is 15.1 Å². The van der Waals surface area contributed by atoms with Crippen molar-refractivity contribution in [2.24, 2.45) is 0 Å². The van der Waals surface area contributed by atoms with Crippen molar-refractivity contribution >= 4 is 11.6 Å². The molecule has 2 aromatic heterocycles. The number of anilines is 1. The van der Waals surface area contributed by atoms with E-state index in [-0.39, 0.29) is 11.8 Å². The van der Waals surface area contributed by atoms with Crippen LogP contribution in [-0.2, 0) is 0 Å². The van der Waals surface area contributed by atoms with Crippen molar-refractivity contribution in [3.05, 3.63) is 72.4 Å². The van der Waals surface area contributed by atoms with E-state index in [1.807, 2.05) is 24.3 Å². The Bertz CT molecular complexity index is 1210. The minimum atomic E-state index is -0.288. The quantitative estimate of drug-likeness (QED) is 0.556. The number of rotatable bonds is 4. The van der Waals surface area contributed by atoms with Gasteiger partial charge in [0.15, 0.2) is 11.5 Å². The fourth-order valence-electron chi connectivity index (χ4n) is 3.09. The number of carbonyl (C=O) groups excluding carboxylic acids is 1. The van der Waals surface area contributed by atoms with Crippen LogP contribution in [0.15, 0.2) is 71.4 Å². The number of hydrogen-bond donors (Lipinski definition) is 1. The molecule has 0 spiro atoms. The van der Waals surface area contributed by atoms with Crippen LogP contribution >= 0.6 is 0 Å². The zero-order valence-electron chi connectivity index (χ0n) is 15.7. The molecular weight excluding hydrogens is 384 g/mol. The SMILES string of the molecule is O=C(Nc1ccccc1-c1nc(-c2ccccn2)no1)c1ccc2c(c1)OCCO2. The molecule has 8 nitrogen and oxygen atoms in total. The molecule has 1 N–H and O–H groups in total. The second kappa shape index (κ2) is 7.67. The number of ether oxygens (including phenoxy) is 2. The summed E-state index contributed by atoms with van der Waals surface area (Å²) in [5, 5.41) is 6.90. The number of amides is 1. The minimum absolute atomic E-state index is 0.286. The van der Waals surface area contributed by atoms with Gasteiger partial charge in [-0.2, -0.15) is 4.98 Å². The van der Waals surface area contributed by atoms with Crippen LogP contribution in [-0.4, -0.2) is 34.2 Å². The van der Waals surface area contributed by atoms with Crippen LogP contribution in [0.1, 0.15) is 10.4 Å². The van der Waals surface area contributed by atoms with Crippen LogP contribution in [0.3, 0.4) is 0 Å². The molecule has 148 valence electrons. The molecule has 0 fully saturated rings. The lowest BCUT2D eigenvalue weighted by Crippen LogP contribution is -2.17. The van der Waals surface area contributed by atoms with Gasteiger partial charge in [-0.3, -0.25) is 9.78 Å². The van der Waals surface area contributed by atoms with Crippen LogP contribution in [0, 0.1) is 0 Å². The highest BCUT2D eigenvalue weighted by Crippen LogP contribution is 2.32. The maximum Gasteiger partial charge on any atom is 0.260 e. The maximum absolute atomic E-state index is 12.8. The van der Waals surface area contributed by atoms with Gasteiger partial charge in [0.2, 0.25) is 5.82 Å². The van der Waals surface area contributed by atoms with E-state index in [1.165, 1.54) is 0 Å². The summed E-state index contributed by atoms with van der Waals surface area (Å²) < 4.78 is 16.5. The van der Waals surface area contributed by atoms with Crippen molar-refractivity contribution in [2.75, 3.05) is 18.5 Å². The van der Waals surface area contributed by atoms with Gasteiger partial charge in [-0.05, 0) is 42.5 Å². The summed E-state index contributed by atoms with van der Waals surface area (Å²) >= 11 is 0. The van der Waals surface area contributed by atoms with Crippen molar-refractivity contribution in [2.45, 2.75) is 0 Å². The Morgan fingerprint density at radius 1 is 0.933 bits per heavy atom. The van der Waals surface area contributed by atoms with Gasteiger partial charge < -0.3 is 19.3 Å². The number of para-hydroxylation sites is 1. The summed E-state index contributed by atoms with van der Waals surface area (Å²) in [7, 11) is 0. The molecule has 0 atom stereocenters. The largest absolute Gasteiger partial charge is 0.486 e. The molecule has 3 heterocycles. The first-order valence-corrected chi connectivity index (χ1v) is 9.33. The van der Waals surface area contributed by atoms with Crippen molar-refractivity contribution < 1.29 is 18.8 Å². The van der Waals surface area contributed by atoms with Crippen LogP contribution < -0.4 is 14.8 Å². The first-order chi connectivity index (χ1) is 14.8. The molecule has 1 aliphatic heterocycles. The number of fused-ring (bicyclic) bond motifs is 1. The van der Waals surface area contributed by atoms with Crippen LogP contribution in [0.4, 0.5) is 5.69 Å². The first-order valence-electron chi connectivity index (χ1n) is 9.33. The predicted octanol–water partition coefficient (Wildman–Crippen LogP) is 3.82. The summed E-state index contributed by atoms with van der Waals surface area (Å²) in [4.78, 5) is 21.5. The molecular formula is C22H16N4O4. The molecule has 30 heavy (non-hydrogen) atoms. The number of pyridine rings is 1. The molecule has 1 amide bonds. The normalized spacial score (nSPS) is 12.4. The fourth-order valence-corrected chi connectivity index (χ4v) is 3.09. The third-order valence-electron chi connectivity index (χ3n) is 4.53. The maximum atomic E-state index is 12.8. The number of nitrogens with one attached hydrogen (secondary N) is 1. The minimum Gasteiger partial charge on any atom is -0.486 e. The summed E-state index contributed by atoms with van der Waals surface area (Å²) in [6, 6.07) is 17.8. The fraction of sp³-hybridized carbons (Fsp3) is 0.0909. The topological polar surface area (TPSA) is 99.4 Å².